The predicted molar refractivity (Wildman–Crippen MR) is 73.9 cm³/mol. The lowest BCUT2D eigenvalue weighted by atomic mass is 10.1. The van der Waals surface area contributed by atoms with Crippen LogP contribution in [0.5, 0.6) is 5.75 Å². The summed E-state index contributed by atoms with van der Waals surface area (Å²) in [5, 5.41) is 0. The quantitative estimate of drug-likeness (QED) is 0.743. The third-order valence-electron chi connectivity index (χ3n) is 2.98. The van der Waals surface area contributed by atoms with Gasteiger partial charge in [-0.05, 0) is 24.5 Å². The fourth-order valence-corrected chi connectivity index (χ4v) is 1.71. The van der Waals surface area contributed by atoms with Crippen molar-refractivity contribution in [2.24, 2.45) is 0 Å². The number of benzene rings is 1. The van der Waals surface area contributed by atoms with E-state index >= 15 is 0 Å². The zero-order valence-electron chi connectivity index (χ0n) is 11.6. The van der Waals surface area contributed by atoms with Crippen LogP contribution in [0.25, 0.3) is 0 Å². The maximum absolute atomic E-state index is 11.8. The van der Waals surface area contributed by atoms with Crippen molar-refractivity contribution in [1.29, 1.82) is 0 Å². The van der Waals surface area contributed by atoms with Gasteiger partial charge in [0.1, 0.15) is 5.75 Å². The smallest absolute Gasteiger partial charge is 0.260 e. The fraction of sp³-hybridized carbons (Fsp3) is 0.533. The van der Waals surface area contributed by atoms with E-state index < -0.39 is 0 Å². The summed E-state index contributed by atoms with van der Waals surface area (Å²) in [6.45, 7) is 5.12. The van der Waals surface area contributed by atoms with Crippen LogP contribution in [0.2, 0.25) is 0 Å². The first-order valence-corrected chi connectivity index (χ1v) is 6.63. The second kappa shape index (κ2) is 7.75. The van der Waals surface area contributed by atoms with Crippen LogP contribution in [0.15, 0.2) is 24.3 Å². The van der Waals surface area contributed by atoms with Crippen molar-refractivity contribution in [3.63, 3.8) is 0 Å². The number of nitrogens with zero attached hydrogens (tertiary/aromatic N) is 1. The topological polar surface area (TPSA) is 29.5 Å². The highest BCUT2D eigenvalue weighted by atomic mass is 16.5. The van der Waals surface area contributed by atoms with Crippen LogP contribution in [0.4, 0.5) is 0 Å². The molecule has 0 aliphatic heterocycles. The van der Waals surface area contributed by atoms with Crippen molar-refractivity contribution in [3.05, 3.63) is 29.8 Å². The molecule has 100 valence electrons. The monoisotopic (exact) mass is 249 g/mol. The van der Waals surface area contributed by atoms with Gasteiger partial charge in [0.25, 0.3) is 5.91 Å². The van der Waals surface area contributed by atoms with Gasteiger partial charge in [-0.1, -0.05) is 38.5 Å². The third-order valence-corrected chi connectivity index (χ3v) is 2.98. The van der Waals surface area contributed by atoms with Gasteiger partial charge in [-0.25, -0.2) is 0 Å². The molecule has 0 atom stereocenters. The summed E-state index contributed by atoms with van der Waals surface area (Å²) < 4.78 is 5.60. The molecule has 3 heteroatoms. The van der Waals surface area contributed by atoms with Gasteiger partial charge in [-0.3, -0.25) is 4.79 Å². The summed E-state index contributed by atoms with van der Waals surface area (Å²) >= 11 is 0. The standard InChI is InChI=1S/C15H23NO2/c1-4-6-11-16(3)15(17)12-18-14-10-8-7-9-13(14)5-2/h7-10H,4-6,11-12H2,1-3H3. The Hall–Kier alpha value is -1.51. The number of carbonyl (C=O) groups excluding carboxylic acids is 1. The third kappa shape index (κ3) is 4.40. The number of amides is 1. The summed E-state index contributed by atoms with van der Waals surface area (Å²) in [6.07, 6.45) is 3.04. The average Bonchev–Trinajstić information content (AvgIpc) is 2.42. The first-order chi connectivity index (χ1) is 8.69. The number of carbonyl (C=O) groups is 1. The highest BCUT2D eigenvalue weighted by molar-refractivity contribution is 5.77. The minimum atomic E-state index is 0.0364. The lowest BCUT2D eigenvalue weighted by Crippen LogP contribution is -2.32. The molecule has 1 aromatic carbocycles. The second-order valence-corrected chi connectivity index (χ2v) is 4.42. The van der Waals surface area contributed by atoms with Gasteiger partial charge in [-0.15, -0.1) is 0 Å². The van der Waals surface area contributed by atoms with E-state index in [1.165, 1.54) is 0 Å². The number of rotatable bonds is 7. The molecule has 0 unspecified atom stereocenters. The Kier molecular flexibility index (Phi) is 6.26. The molecule has 0 fully saturated rings. The molecule has 1 aromatic rings. The van der Waals surface area contributed by atoms with Gasteiger partial charge < -0.3 is 9.64 Å². The molecule has 0 spiro atoms. The molecule has 18 heavy (non-hydrogen) atoms. The molecule has 0 aromatic heterocycles. The summed E-state index contributed by atoms with van der Waals surface area (Å²) in [7, 11) is 1.83. The molecule has 1 amide bonds. The summed E-state index contributed by atoms with van der Waals surface area (Å²) in [5.41, 5.74) is 1.14. The van der Waals surface area contributed by atoms with E-state index in [1.54, 1.807) is 4.90 Å². The van der Waals surface area contributed by atoms with E-state index in [2.05, 4.69) is 13.8 Å². The van der Waals surface area contributed by atoms with Crippen LogP contribution in [0, 0.1) is 0 Å². The van der Waals surface area contributed by atoms with Gasteiger partial charge in [0.05, 0.1) is 0 Å². The Morgan fingerprint density at radius 1 is 1.28 bits per heavy atom. The van der Waals surface area contributed by atoms with Crippen LogP contribution < -0.4 is 4.74 Å². The highest BCUT2D eigenvalue weighted by Crippen LogP contribution is 2.18. The van der Waals surface area contributed by atoms with Gasteiger partial charge in [0, 0.05) is 13.6 Å². The van der Waals surface area contributed by atoms with E-state index in [-0.39, 0.29) is 12.5 Å². The summed E-state index contributed by atoms with van der Waals surface area (Å²) in [5.74, 6) is 0.853. The molecule has 0 aliphatic rings. The van der Waals surface area contributed by atoms with E-state index in [9.17, 15) is 4.79 Å². The normalized spacial score (nSPS) is 10.2. The number of hydrogen-bond acceptors (Lipinski definition) is 2. The van der Waals surface area contributed by atoms with Crippen molar-refractivity contribution >= 4 is 5.91 Å². The van der Waals surface area contributed by atoms with Gasteiger partial charge in [0.15, 0.2) is 6.61 Å². The first-order valence-electron chi connectivity index (χ1n) is 6.63. The molecular weight excluding hydrogens is 226 g/mol. The SMILES string of the molecule is CCCCN(C)C(=O)COc1ccccc1CC. The molecule has 3 nitrogen and oxygen atoms in total. The minimum absolute atomic E-state index is 0.0364. The van der Waals surface area contributed by atoms with Crippen LogP contribution in [0.3, 0.4) is 0 Å². The molecule has 0 saturated carbocycles. The van der Waals surface area contributed by atoms with Crippen LogP contribution in [-0.4, -0.2) is 31.0 Å². The van der Waals surface area contributed by atoms with Crippen molar-refractivity contribution < 1.29 is 9.53 Å². The largest absolute Gasteiger partial charge is 0.483 e. The Balaban J connectivity index is 2.46. The zero-order chi connectivity index (χ0) is 13.4. The summed E-state index contributed by atoms with van der Waals surface area (Å²) in [6, 6.07) is 7.86. The number of para-hydroxylation sites is 1. The van der Waals surface area contributed by atoms with Crippen LogP contribution >= 0.6 is 0 Å². The lowest BCUT2D eigenvalue weighted by Gasteiger charge is -2.17. The fourth-order valence-electron chi connectivity index (χ4n) is 1.71. The molecule has 0 bridgehead atoms. The second-order valence-electron chi connectivity index (χ2n) is 4.42. The molecule has 0 heterocycles. The van der Waals surface area contributed by atoms with E-state index in [4.69, 9.17) is 4.74 Å². The van der Waals surface area contributed by atoms with Crippen molar-refractivity contribution in [2.45, 2.75) is 33.1 Å². The van der Waals surface area contributed by atoms with Crippen molar-refractivity contribution in [2.75, 3.05) is 20.2 Å². The number of ether oxygens (including phenoxy) is 1. The Morgan fingerprint density at radius 3 is 2.67 bits per heavy atom. The van der Waals surface area contributed by atoms with Crippen LogP contribution in [0.1, 0.15) is 32.3 Å². The maximum Gasteiger partial charge on any atom is 0.260 e. The van der Waals surface area contributed by atoms with Crippen molar-refractivity contribution in [3.8, 4) is 5.75 Å². The molecule has 1 rings (SSSR count). The highest BCUT2D eigenvalue weighted by Gasteiger charge is 2.09. The zero-order valence-corrected chi connectivity index (χ0v) is 11.6. The van der Waals surface area contributed by atoms with E-state index in [0.29, 0.717) is 0 Å². The van der Waals surface area contributed by atoms with Gasteiger partial charge >= 0.3 is 0 Å². The Labute approximate surface area is 110 Å². The maximum atomic E-state index is 11.8. The molecule has 0 N–H and O–H groups in total. The molecule has 0 aliphatic carbocycles. The Morgan fingerprint density at radius 2 is 2.00 bits per heavy atom. The van der Waals surface area contributed by atoms with E-state index in [1.807, 2.05) is 31.3 Å². The minimum Gasteiger partial charge on any atom is -0.483 e. The molecular formula is C15H23NO2. The van der Waals surface area contributed by atoms with Gasteiger partial charge in [0.2, 0.25) is 0 Å². The number of unbranched alkanes of at least 4 members (excludes halogenated alkanes) is 1. The summed E-state index contributed by atoms with van der Waals surface area (Å²) in [4.78, 5) is 13.6. The molecule has 0 saturated heterocycles. The number of likely N-dealkylation sites (N-methyl/N-ethyl adjacent to an activating group) is 1. The predicted octanol–water partition coefficient (Wildman–Crippen LogP) is 2.89. The number of hydrogen-bond donors (Lipinski definition) is 0. The average molecular weight is 249 g/mol. The van der Waals surface area contributed by atoms with E-state index in [0.717, 1.165) is 37.1 Å². The van der Waals surface area contributed by atoms with Crippen molar-refractivity contribution in [1.82, 2.24) is 4.90 Å². The molecule has 0 radical (unpaired) electrons. The number of aryl methyl sites for hydroxylation is 1. The van der Waals surface area contributed by atoms with Gasteiger partial charge in [-0.2, -0.15) is 0 Å². The lowest BCUT2D eigenvalue weighted by molar-refractivity contribution is -0.132. The van der Waals surface area contributed by atoms with Crippen LogP contribution in [-0.2, 0) is 11.2 Å². The Bertz CT molecular complexity index is 377. The first kappa shape index (κ1) is 14.6.